The molecule has 2 heterocycles. The van der Waals surface area contributed by atoms with Crippen molar-refractivity contribution >= 4 is 17.3 Å². The number of hydrogen-bond donors (Lipinski definition) is 7. The van der Waals surface area contributed by atoms with Gasteiger partial charge in [-0.2, -0.15) is 0 Å². The molecule has 12 aliphatic rings. The van der Waals surface area contributed by atoms with Gasteiger partial charge in [0.2, 0.25) is 0 Å². The summed E-state index contributed by atoms with van der Waals surface area (Å²) in [6.07, 6.45) is 21.9. The fourth-order valence-electron chi connectivity index (χ4n) is 23.3. The van der Waals surface area contributed by atoms with Crippen molar-refractivity contribution in [3.63, 3.8) is 0 Å². The SMILES string of the molecule is CNCc1cc(O)cc([C@@H]2C(=O)[C@]34CC=C[C@@H]2[C@@]2(C)[C@H]5CCC6=C7C(=O)C[C@]6(C)[C@]5(C[C@@H](NC[C@](C)(O)CCCC3)[C@@H]42)[C@H](CO)CC[C@@H]2CCC[C@H]3CC[C@H]([C@@H](O)[C@H]4O[C@]4(C)[C@H]4CCC[C@@H]4c4cc(N)cc(CC(C)C)c4)[C@H]7[C@H]32)c1. The number of aliphatic hydroxyl groups excluding tert-OH is 2. The van der Waals surface area contributed by atoms with E-state index in [2.05, 4.69) is 81.7 Å². The summed E-state index contributed by atoms with van der Waals surface area (Å²) in [4.78, 5) is 32.5. The Kier molecular flexibility index (Phi) is 14.0. The normalized spacial score (nSPS) is 46.1. The number of carbonyl (C=O) groups excluding carboxylic acids is 2. The summed E-state index contributed by atoms with van der Waals surface area (Å²) < 4.78 is 7.04. The first kappa shape index (κ1) is 55.8. The molecule has 10 nitrogen and oxygen atoms in total. The number of rotatable bonds is 10. The minimum absolute atomic E-state index is 0.0436. The molecule has 0 amide bonds. The van der Waals surface area contributed by atoms with Crippen molar-refractivity contribution in [2.24, 2.45) is 86.8 Å². The molecule has 80 heavy (non-hydrogen) atoms. The first-order valence-corrected chi connectivity index (χ1v) is 32.5. The highest BCUT2D eigenvalue weighted by atomic mass is 16.6. The number of ether oxygens (including phenoxy) is 1. The average molecular weight is 1090 g/mol. The van der Waals surface area contributed by atoms with Gasteiger partial charge in [0.25, 0.3) is 0 Å². The van der Waals surface area contributed by atoms with Crippen molar-refractivity contribution < 1.29 is 34.8 Å². The van der Waals surface area contributed by atoms with Crippen molar-refractivity contribution in [2.45, 2.75) is 218 Å². The van der Waals surface area contributed by atoms with E-state index in [1.54, 1.807) is 0 Å². The molecule has 8 fully saturated rings. The predicted octanol–water partition coefficient (Wildman–Crippen LogP) is 11.7. The Morgan fingerprint density at radius 2 is 1.61 bits per heavy atom. The second kappa shape index (κ2) is 20.1. The molecule has 0 aromatic heterocycles. The number of aromatic hydroxyl groups is 1. The smallest absolute Gasteiger partial charge is 0.160 e. The van der Waals surface area contributed by atoms with Gasteiger partial charge < -0.3 is 41.5 Å². The highest BCUT2D eigenvalue weighted by Gasteiger charge is 2.78. The molecule has 0 unspecified atom stereocenters. The Morgan fingerprint density at radius 1 is 0.863 bits per heavy atom. The summed E-state index contributed by atoms with van der Waals surface area (Å²) in [6, 6.07) is 12.5. The molecule has 10 aliphatic carbocycles. The van der Waals surface area contributed by atoms with Crippen LogP contribution in [-0.2, 0) is 27.3 Å². The Morgan fingerprint density at radius 3 is 2.38 bits per heavy atom. The molecular formula is C70H99N3O7. The van der Waals surface area contributed by atoms with Gasteiger partial charge in [-0.15, -0.1) is 0 Å². The molecule has 2 spiro atoms. The number of benzene rings is 2. The van der Waals surface area contributed by atoms with Gasteiger partial charge >= 0.3 is 0 Å². The molecule has 2 aromatic rings. The van der Waals surface area contributed by atoms with Crippen LogP contribution in [0.25, 0.3) is 0 Å². The molecule has 0 radical (unpaired) electrons. The molecule has 2 aliphatic heterocycles. The van der Waals surface area contributed by atoms with E-state index < -0.39 is 44.9 Å². The zero-order valence-corrected chi connectivity index (χ0v) is 49.7. The zero-order chi connectivity index (χ0) is 56.1. The van der Waals surface area contributed by atoms with E-state index in [-0.39, 0.29) is 71.7 Å². The van der Waals surface area contributed by atoms with Crippen molar-refractivity contribution in [1.82, 2.24) is 10.6 Å². The van der Waals surface area contributed by atoms with Crippen molar-refractivity contribution in [3.05, 3.63) is 82.0 Å². The predicted molar refractivity (Wildman–Crippen MR) is 314 cm³/mol. The van der Waals surface area contributed by atoms with Crippen LogP contribution in [0.5, 0.6) is 5.75 Å². The lowest BCUT2D eigenvalue weighted by Crippen LogP contribution is -2.74. The molecule has 2 aromatic carbocycles. The van der Waals surface area contributed by atoms with Gasteiger partial charge in [-0.05, 0) is 238 Å². The van der Waals surface area contributed by atoms with E-state index >= 15 is 9.59 Å². The lowest BCUT2D eigenvalue weighted by molar-refractivity contribution is -0.237. The van der Waals surface area contributed by atoms with E-state index in [1.807, 2.05) is 26.1 Å². The van der Waals surface area contributed by atoms with Crippen LogP contribution in [0.2, 0.25) is 0 Å². The molecule has 10 heteroatoms. The number of aliphatic hydroxyl groups is 3. The number of anilines is 1. The highest BCUT2D eigenvalue weighted by molar-refractivity contribution is 6.01. The van der Waals surface area contributed by atoms with Crippen LogP contribution in [0.3, 0.4) is 0 Å². The Labute approximate surface area is 478 Å². The van der Waals surface area contributed by atoms with E-state index in [4.69, 9.17) is 10.5 Å². The maximum atomic E-state index is 16.3. The minimum atomic E-state index is -0.935. The molecule has 2 saturated heterocycles. The average Bonchev–Trinajstić information content (AvgIpc) is 3.51. The number of carbonyl (C=O) groups is 2. The minimum Gasteiger partial charge on any atom is -0.508 e. The number of nitrogen functional groups attached to an aromatic ring is 1. The van der Waals surface area contributed by atoms with Crippen molar-refractivity contribution in [1.29, 1.82) is 0 Å². The van der Waals surface area contributed by atoms with Crippen LogP contribution in [-0.4, -0.2) is 81.6 Å². The molecular weight excluding hydrogens is 995 g/mol. The quantitative estimate of drug-likeness (QED) is 0.0688. The van der Waals surface area contributed by atoms with Gasteiger partial charge in [0.15, 0.2) is 5.78 Å². The van der Waals surface area contributed by atoms with E-state index in [9.17, 15) is 20.4 Å². The number of nitrogens with two attached hydrogens (primary N) is 1. The summed E-state index contributed by atoms with van der Waals surface area (Å²) in [6.45, 7) is 14.8. The third-order valence-corrected chi connectivity index (χ3v) is 26.0. The van der Waals surface area contributed by atoms with Crippen molar-refractivity contribution in [2.75, 3.05) is 25.9 Å². The molecule has 8 N–H and O–H groups in total. The number of nitrogens with one attached hydrogen (secondary N) is 2. The van der Waals surface area contributed by atoms with Crippen molar-refractivity contribution in [3.8, 4) is 5.75 Å². The highest BCUT2D eigenvalue weighted by Crippen LogP contribution is 2.80. The summed E-state index contributed by atoms with van der Waals surface area (Å²) in [5.41, 5.74) is 10.7. The van der Waals surface area contributed by atoms with Crippen LogP contribution in [0.15, 0.2) is 59.7 Å². The molecule has 14 rings (SSSR count). The van der Waals surface area contributed by atoms with Gasteiger partial charge in [-0.25, -0.2) is 0 Å². The summed E-state index contributed by atoms with van der Waals surface area (Å²) in [5.74, 6) is 2.20. The molecule has 21 atom stereocenters. The number of Topliss-reactive ketones (excluding diaryl/α,β-unsaturated/α-hetero) is 2. The lowest BCUT2D eigenvalue weighted by Gasteiger charge is -2.74. The molecule has 6 bridgehead atoms. The van der Waals surface area contributed by atoms with Gasteiger partial charge in [-0.3, -0.25) is 9.59 Å². The van der Waals surface area contributed by atoms with Crippen LogP contribution in [0, 0.1) is 86.8 Å². The third-order valence-electron chi connectivity index (χ3n) is 26.0. The number of fused-ring (bicyclic) bond motifs is 3. The molecule has 6 saturated carbocycles. The van der Waals surface area contributed by atoms with E-state index in [0.29, 0.717) is 67.7 Å². The van der Waals surface area contributed by atoms with Gasteiger partial charge in [0.05, 0.1) is 23.2 Å². The largest absolute Gasteiger partial charge is 0.508 e. The number of allylic oxidation sites excluding steroid dienone is 4. The topological polar surface area (TPSA) is 178 Å². The second-order valence-corrected chi connectivity index (χ2v) is 30.5. The standard InChI is InChI=1S/C70H99N3O7/c1-39(2)27-40-28-44(32-47(71)30-40)49-15-11-16-51(49)68(6)64(80-68)61(77)50-21-19-43-14-10-13-42-18-20-46(37-74)70-34-54-62-67(5,56(70)23-22-52-60(59(50)57(42)43)55(76)35-66(52,70)4)53-17-12-26-69(62,25-9-8-24-65(3,79)38-73-54)63(78)58(53)45-29-41(36-72-7)31-48(75)33-45/h12,17,28-33,39,42-43,46,49-51,53-54,56-59,61-62,64,72-75,77,79H,8-11,13-16,18-27,34-38,71H2,1-7H3/t42-,43-,46-,49+,50-,51-,53-,54+,56+,57-,58-,59-,61+,62+,64+,65+,66-,67-,68+,69-,70+/m0/s1. The summed E-state index contributed by atoms with van der Waals surface area (Å²) in [5, 5.41) is 56.9. The van der Waals surface area contributed by atoms with Gasteiger partial charge in [0.1, 0.15) is 17.6 Å². The van der Waals surface area contributed by atoms with E-state index in [0.717, 1.165) is 119 Å². The monoisotopic (exact) mass is 1090 g/mol. The van der Waals surface area contributed by atoms with Gasteiger partial charge in [-0.1, -0.05) is 96.1 Å². The first-order chi connectivity index (χ1) is 38.2. The number of epoxide rings is 1. The van der Waals surface area contributed by atoms with E-state index in [1.165, 1.54) is 29.5 Å². The number of phenolic OH excluding ortho intramolecular Hbond substituents is 1. The van der Waals surface area contributed by atoms with Gasteiger partial charge in [0, 0.05) is 48.7 Å². The maximum Gasteiger partial charge on any atom is 0.160 e. The van der Waals surface area contributed by atoms with Crippen LogP contribution in [0.4, 0.5) is 5.69 Å². The number of ketones is 2. The second-order valence-electron chi connectivity index (χ2n) is 30.5. The first-order valence-electron chi connectivity index (χ1n) is 32.5. The third kappa shape index (κ3) is 8.31. The van der Waals surface area contributed by atoms with Crippen LogP contribution >= 0.6 is 0 Å². The Hall–Kier alpha value is -3.38. The number of hydrogen-bond acceptors (Lipinski definition) is 10. The van der Waals surface area contributed by atoms with Crippen LogP contribution in [0.1, 0.15) is 198 Å². The zero-order valence-electron chi connectivity index (χ0n) is 49.7. The maximum absolute atomic E-state index is 16.3. The number of β-amino-alcohol motifs (C(OH)–C–C–N with tert-alkyl or cyclic N) is 1. The Bertz CT molecular complexity index is 2820. The summed E-state index contributed by atoms with van der Waals surface area (Å²) >= 11 is 0. The molecule has 436 valence electrons. The number of phenols is 1. The fourth-order valence-corrected chi connectivity index (χ4v) is 23.3. The fraction of sp³-hybridized carbons (Fsp3) is 0.743. The van der Waals surface area contributed by atoms with Crippen LogP contribution < -0.4 is 16.4 Å². The summed E-state index contributed by atoms with van der Waals surface area (Å²) in [7, 11) is 1.92. The Balaban J connectivity index is 0.940. The lowest BCUT2D eigenvalue weighted by atomic mass is 9.29.